The van der Waals surface area contributed by atoms with Crippen molar-refractivity contribution in [2.75, 3.05) is 27.3 Å². The summed E-state index contributed by atoms with van der Waals surface area (Å²) in [5, 5.41) is 0. The molecule has 0 aromatic rings. The topological polar surface area (TPSA) is 3.24 Å². The van der Waals surface area contributed by atoms with Crippen molar-refractivity contribution >= 4 is 0 Å². The van der Waals surface area contributed by atoms with E-state index < -0.39 is 0 Å². The fourth-order valence-electron chi connectivity index (χ4n) is 2.20. The van der Waals surface area contributed by atoms with Crippen LogP contribution in [-0.4, -0.2) is 48.3 Å². The van der Waals surface area contributed by atoms with Crippen molar-refractivity contribution in [1.82, 2.24) is 4.90 Å². The van der Waals surface area contributed by atoms with Gasteiger partial charge in [-0.3, -0.25) is 0 Å². The van der Waals surface area contributed by atoms with E-state index in [1.165, 1.54) is 19.6 Å². The maximum absolute atomic E-state index is 2.60. The van der Waals surface area contributed by atoms with Crippen LogP contribution in [0, 0.1) is 0 Å². The zero-order valence-corrected chi connectivity index (χ0v) is 10.1. The zero-order chi connectivity index (χ0) is 10.3. The van der Waals surface area contributed by atoms with E-state index in [0.29, 0.717) is 5.54 Å². The predicted octanol–water partition coefficient (Wildman–Crippen LogP) is 1.91. The van der Waals surface area contributed by atoms with Crippen molar-refractivity contribution in [3.8, 4) is 0 Å². The first-order chi connectivity index (χ1) is 5.77. The Labute approximate surface area is 83.1 Å². The average Bonchev–Trinajstić information content (AvgIpc) is 2.23. The minimum atomic E-state index is 0.333. The summed E-state index contributed by atoms with van der Waals surface area (Å²) in [6.45, 7) is 11.7. The number of rotatable bonds is 1. The van der Waals surface area contributed by atoms with E-state index in [4.69, 9.17) is 0 Å². The maximum Gasteiger partial charge on any atom is 0.135 e. The Morgan fingerprint density at radius 1 is 1.31 bits per heavy atom. The van der Waals surface area contributed by atoms with Crippen LogP contribution >= 0.6 is 0 Å². The standard InChI is InChI=1S/C11H25N2/c1-7-10-8-12(11(2,3)4)9-13(10,5)6/h10H,7-9H2,1-6H3/q+1. The van der Waals surface area contributed by atoms with E-state index >= 15 is 0 Å². The van der Waals surface area contributed by atoms with Crippen molar-refractivity contribution in [1.29, 1.82) is 0 Å². The highest BCUT2D eigenvalue weighted by Crippen LogP contribution is 2.26. The molecule has 13 heavy (non-hydrogen) atoms. The smallest absolute Gasteiger partial charge is 0.135 e. The van der Waals surface area contributed by atoms with E-state index in [1.807, 2.05) is 0 Å². The Morgan fingerprint density at radius 3 is 2.08 bits per heavy atom. The summed E-state index contributed by atoms with van der Waals surface area (Å²) in [7, 11) is 4.69. The van der Waals surface area contributed by atoms with Crippen LogP contribution in [0.4, 0.5) is 0 Å². The molecule has 78 valence electrons. The van der Waals surface area contributed by atoms with Crippen LogP contribution in [0.3, 0.4) is 0 Å². The molecule has 0 saturated carbocycles. The van der Waals surface area contributed by atoms with Gasteiger partial charge in [-0.25, -0.2) is 4.90 Å². The Balaban J connectivity index is 2.70. The average molecular weight is 185 g/mol. The van der Waals surface area contributed by atoms with Crippen LogP contribution in [0.2, 0.25) is 0 Å². The maximum atomic E-state index is 2.60. The van der Waals surface area contributed by atoms with Gasteiger partial charge < -0.3 is 4.48 Å². The fourth-order valence-corrected chi connectivity index (χ4v) is 2.20. The third-order valence-electron chi connectivity index (χ3n) is 3.37. The molecule has 0 aliphatic carbocycles. The molecule has 0 N–H and O–H groups in total. The molecule has 0 aromatic carbocycles. The molecule has 0 aromatic heterocycles. The third-order valence-corrected chi connectivity index (χ3v) is 3.37. The number of hydrogen-bond donors (Lipinski definition) is 0. The Kier molecular flexibility index (Phi) is 2.75. The third kappa shape index (κ3) is 2.23. The number of hydrogen-bond acceptors (Lipinski definition) is 1. The lowest BCUT2D eigenvalue weighted by Crippen LogP contribution is -2.46. The van der Waals surface area contributed by atoms with E-state index in [9.17, 15) is 0 Å². The quantitative estimate of drug-likeness (QED) is 0.564. The van der Waals surface area contributed by atoms with Crippen LogP contribution in [0.1, 0.15) is 34.1 Å². The number of nitrogens with zero attached hydrogens (tertiary/aromatic N) is 2. The van der Waals surface area contributed by atoms with Gasteiger partial charge in [-0.1, -0.05) is 6.92 Å². The molecule has 0 radical (unpaired) electrons. The Bertz CT molecular complexity index is 179. The zero-order valence-electron chi connectivity index (χ0n) is 10.1. The first-order valence-corrected chi connectivity index (χ1v) is 5.35. The molecular formula is C11H25N2+. The normalized spacial score (nSPS) is 29.5. The molecule has 2 heteroatoms. The van der Waals surface area contributed by atoms with Gasteiger partial charge in [0.1, 0.15) is 12.7 Å². The summed E-state index contributed by atoms with van der Waals surface area (Å²) in [5.41, 5.74) is 0.333. The number of quaternary nitrogens is 1. The molecule has 0 amide bonds. The predicted molar refractivity (Wildman–Crippen MR) is 57.5 cm³/mol. The molecule has 1 atom stereocenters. The van der Waals surface area contributed by atoms with Gasteiger partial charge in [-0.05, 0) is 27.2 Å². The van der Waals surface area contributed by atoms with Gasteiger partial charge in [-0.2, -0.15) is 0 Å². The first-order valence-electron chi connectivity index (χ1n) is 5.35. The van der Waals surface area contributed by atoms with Crippen LogP contribution < -0.4 is 0 Å². The summed E-state index contributed by atoms with van der Waals surface area (Å²) in [4.78, 5) is 2.60. The second kappa shape index (κ2) is 3.25. The summed E-state index contributed by atoms with van der Waals surface area (Å²) < 4.78 is 1.16. The molecule has 1 aliphatic rings. The fraction of sp³-hybridized carbons (Fsp3) is 1.00. The van der Waals surface area contributed by atoms with Crippen molar-refractivity contribution in [2.24, 2.45) is 0 Å². The van der Waals surface area contributed by atoms with E-state index in [2.05, 4.69) is 46.7 Å². The molecule has 2 nitrogen and oxygen atoms in total. The SMILES string of the molecule is CCC1CN(C(C)(C)C)C[N+]1(C)C. The van der Waals surface area contributed by atoms with Crippen molar-refractivity contribution < 1.29 is 4.48 Å². The highest BCUT2D eigenvalue weighted by atomic mass is 15.5. The Morgan fingerprint density at radius 2 is 1.85 bits per heavy atom. The summed E-state index contributed by atoms with van der Waals surface area (Å²) in [5.74, 6) is 0. The lowest BCUT2D eigenvalue weighted by atomic mass is 10.1. The van der Waals surface area contributed by atoms with Gasteiger partial charge in [-0.15, -0.1) is 0 Å². The largest absolute Gasteiger partial charge is 0.312 e. The minimum Gasteiger partial charge on any atom is -0.312 e. The van der Waals surface area contributed by atoms with Gasteiger partial charge in [0.05, 0.1) is 20.6 Å². The lowest BCUT2D eigenvalue weighted by molar-refractivity contribution is -0.906. The summed E-state index contributed by atoms with van der Waals surface area (Å²) in [6.07, 6.45) is 1.29. The summed E-state index contributed by atoms with van der Waals surface area (Å²) in [6, 6.07) is 0.819. The lowest BCUT2D eigenvalue weighted by Gasteiger charge is -2.32. The van der Waals surface area contributed by atoms with E-state index in [0.717, 1.165) is 10.5 Å². The summed E-state index contributed by atoms with van der Waals surface area (Å²) >= 11 is 0. The molecule has 1 saturated heterocycles. The van der Waals surface area contributed by atoms with Crippen molar-refractivity contribution in [2.45, 2.75) is 45.7 Å². The highest BCUT2D eigenvalue weighted by Gasteiger charge is 2.41. The molecule has 1 unspecified atom stereocenters. The van der Waals surface area contributed by atoms with E-state index in [1.54, 1.807) is 0 Å². The van der Waals surface area contributed by atoms with Gasteiger partial charge in [0.15, 0.2) is 0 Å². The first kappa shape index (κ1) is 11.0. The molecule has 0 bridgehead atoms. The van der Waals surface area contributed by atoms with E-state index in [-0.39, 0.29) is 0 Å². The van der Waals surface area contributed by atoms with Crippen LogP contribution in [0.5, 0.6) is 0 Å². The van der Waals surface area contributed by atoms with Crippen molar-refractivity contribution in [3.05, 3.63) is 0 Å². The van der Waals surface area contributed by atoms with Gasteiger partial charge in [0.25, 0.3) is 0 Å². The second-order valence-electron chi connectivity index (χ2n) is 5.88. The van der Waals surface area contributed by atoms with Gasteiger partial charge in [0.2, 0.25) is 0 Å². The monoisotopic (exact) mass is 185 g/mol. The Hall–Kier alpha value is -0.0800. The van der Waals surface area contributed by atoms with Crippen LogP contribution in [-0.2, 0) is 0 Å². The van der Waals surface area contributed by atoms with Crippen molar-refractivity contribution in [3.63, 3.8) is 0 Å². The van der Waals surface area contributed by atoms with Gasteiger partial charge >= 0.3 is 0 Å². The molecule has 1 heterocycles. The minimum absolute atomic E-state index is 0.333. The number of likely N-dealkylation sites (N-methyl/N-ethyl adjacent to an activating group) is 1. The molecular weight excluding hydrogens is 160 g/mol. The second-order valence-corrected chi connectivity index (χ2v) is 5.88. The molecule has 1 rings (SSSR count). The molecule has 1 fully saturated rings. The molecule has 1 aliphatic heterocycles. The highest BCUT2D eigenvalue weighted by molar-refractivity contribution is 4.81. The van der Waals surface area contributed by atoms with Crippen LogP contribution in [0.15, 0.2) is 0 Å². The van der Waals surface area contributed by atoms with Crippen LogP contribution in [0.25, 0.3) is 0 Å². The molecule has 0 spiro atoms. The van der Waals surface area contributed by atoms with Gasteiger partial charge in [0, 0.05) is 5.54 Å².